The number of hydrogen-bond acceptors (Lipinski definition) is 6. The highest BCUT2D eigenvalue weighted by molar-refractivity contribution is 7.99. The zero-order valence-corrected chi connectivity index (χ0v) is 14.9. The SMILES string of the molecule is Cc1csc2nc(CSCC(=O)NCc3cccs3)cc(=O)n12. The van der Waals surface area contributed by atoms with E-state index in [4.69, 9.17) is 0 Å². The van der Waals surface area contributed by atoms with Gasteiger partial charge in [-0.25, -0.2) is 4.98 Å². The maximum Gasteiger partial charge on any atom is 0.258 e. The molecule has 0 unspecified atom stereocenters. The lowest BCUT2D eigenvalue weighted by Gasteiger charge is -2.04. The van der Waals surface area contributed by atoms with Crippen LogP contribution in [0.5, 0.6) is 0 Å². The number of hydrogen-bond donors (Lipinski definition) is 1. The van der Waals surface area contributed by atoms with Crippen molar-refractivity contribution < 1.29 is 4.79 Å². The highest BCUT2D eigenvalue weighted by Gasteiger charge is 2.08. The molecule has 0 aromatic carbocycles. The van der Waals surface area contributed by atoms with Crippen LogP contribution in [0.4, 0.5) is 0 Å². The summed E-state index contributed by atoms with van der Waals surface area (Å²) >= 11 is 4.54. The van der Waals surface area contributed by atoms with E-state index in [1.165, 1.54) is 23.1 Å². The molecule has 0 atom stereocenters. The number of rotatable bonds is 6. The number of amides is 1. The van der Waals surface area contributed by atoms with E-state index >= 15 is 0 Å². The summed E-state index contributed by atoms with van der Waals surface area (Å²) < 4.78 is 1.60. The number of thiophene rings is 1. The number of carbonyl (C=O) groups is 1. The van der Waals surface area contributed by atoms with Gasteiger partial charge in [0.1, 0.15) is 0 Å². The fourth-order valence-corrected chi connectivity index (χ4v) is 4.35. The van der Waals surface area contributed by atoms with Crippen molar-refractivity contribution in [3.8, 4) is 0 Å². The molecule has 120 valence electrons. The van der Waals surface area contributed by atoms with Crippen molar-refractivity contribution >= 4 is 45.3 Å². The van der Waals surface area contributed by atoms with Crippen LogP contribution < -0.4 is 10.9 Å². The molecule has 3 aromatic heterocycles. The lowest BCUT2D eigenvalue weighted by molar-refractivity contribution is -0.118. The molecule has 23 heavy (non-hydrogen) atoms. The molecular formula is C15H15N3O2S3. The average Bonchev–Trinajstić information content (AvgIpc) is 3.15. The largest absolute Gasteiger partial charge is 0.350 e. The third kappa shape index (κ3) is 4.01. The second-order valence-corrected chi connectivity index (χ2v) is 7.78. The smallest absolute Gasteiger partial charge is 0.258 e. The summed E-state index contributed by atoms with van der Waals surface area (Å²) in [6.45, 7) is 2.45. The number of nitrogens with zero attached hydrogens (tertiary/aromatic N) is 2. The predicted molar refractivity (Wildman–Crippen MR) is 96.4 cm³/mol. The second kappa shape index (κ2) is 7.29. The summed E-state index contributed by atoms with van der Waals surface area (Å²) in [4.78, 5) is 30.2. The Morgan fingerprint density at radius 1 is 1.43 bits per heavy atom. The minimum Gasteiger partial charge on any atom is -0.350 e. The fraction of sp³-hybridized carbons (Fsp3) is 0.267. The van der Waals surface area contributed by atoms with Gasteiger partial charge in [0, 0.05) is 27.8 Å². The van der Waals surface area contributed by atoms with Crippen LogP contribution in [0.2, 0.25) is 0 Å². The Labute approximate surface area is 145 Å². The van der Waals surface area contributed by atoms with Crippen molar-refractivity contribution in [2.24, 2.45) is 0 Å². The quantitative estimate of drug-likeness (QED) is 0.729. The zero-order valence-electron chi connectivity index (χ0n) is 12.4. The highest BCUT2D eigenvalue weighted by Crippen LogP contribution is 2.15. The standard InChI is InChI=1S/C15H15N3O2S3/c1-10-7-23-15-17-11(5-14(20)18(10)15)8-21-9-13(19)16-6-12-3-2-4-22-12/h2-5,7H,6,8-9H2,1H3,(H,16,19). The Morgan fingerprint density at radius 3 is 3.09 bits per heavy atom. The zero-order chi connectivity index (χ0) is 16.2. The Morgan fingerprint density at radius 2 is 2.30 bits per heavy atom. The monoisotopic (exact) mass is 365 g/mol. The van der Waals surface area contributed by atoms with Gasteiger partial charge in [-0.15, -0.1) is 34.4 Å². The summed E-state index contributed by atoms with van der Waals surface area (Å²) in [6.07, 6.45) is 0. The average molecular weight is 366 g/mol. The number of carbonyl (C=O) groups excluding carboxylic acids is 1. The molecule has 3 aromatic rings. The molecular weight excluding hydrogens is 350 g/mol. The van der Waals surface area contributed by atoms with Crippen LogP contribution in [0.25, 0.3) is 4.96 Å². The van der Waals surface area contributed by atoms with Gasteiger partial charge >= 0.3 is 0 Å². The summed E-state index contributed by atoms with van der Waals surface area (Å²) in [5, 5.41) is 6.79. The van der Waals surface area contributed by atoms with Gasteiger partial charge in [-0.1, -0.05) is 6.07 Å². The Hall–Kier alpha value is -1.64. The molecule has 0 fully saturated rings. The van der Waals surface area contributed by atoms with Gasteiger partial charge in [0.25, 0.3) is 5.56 Å². The van der Waals surface area contributed by atoms with Crippen molar-refractivity contribution in [3.05, 3.63) is 55.6 Å². The first-order valence-corrected chi connectivity index (χ1v) is 9.88. The van der Waals surface area contributed by atoms with Gasteiger partial charge in [0.2, 0.25) is 5.91 Å². The van der Waals surface area contributed by atoms with Crippen molar-refractivity contribution in [1.29, 1.82) is 0 Å². The lowest BCUT2D eigenvalue weighted by Crippen LogP contribution is -2.24. The summed E-state index contributed by atoms with van der Waals surface area (Å²) in [6, 6.07) is 5.50. The fourth-order valence-electron chi connectivity index (χ4n) is 2.07. The molecule has 0 aliphatic heterocycles. The first kappa shape index (κ1) is 16.2. The third-order valence-electron chi connectivity index (χ3n) is 3.15. The number of thiazole rings is 1. The van der Waals surface area contributed by atoms with Gasteiger partial charge in [-0.2, -0.15) is 0 Å². The minimum absolute atomic E-state index is 0.00633. The molecule has 1 amide bonds. The van der Waals surface area contributed by atoms with Gasteiger partial charge in [0.15, 0.2) is 4.96 Å². The molecule has 0 bridgehead atoms. The number of aryl methyl sites for hydroxylation is 1. The van der Waals surface area contributed by atoms with Crippen LogP contribution in [0.3, 0.4) is 0 Å². The molecule has 3 heterocycles. The van der Waals surface area contributed by atoms with Crippen LogP contribution in [0, 0.1) is 6.92 Å². The van der Waals surface area contributed by atoms with E-state index in [1.807, 2.05) is 29.8 Å². The summed E-state index contributed by atoms with van der Waals surface area (Å²) in [5.74, 6) is 0.901. The Bertz CT molecular complexity index is 868. The maximum atomic E-state index is 12.1. The first-order valence-electron chi connectivity index (χ1n) is 6.97. The molecule has 0 saturated carbocycles. The predicted octanol–water partition coefficient (Wildman–Crippen LogP) is 2.68. The van der Waals surface area contributed by atoms with Crippen molar-refractivity contribution in [1.82, 2.24) is 14.7 Å². The van der Waals surface area contributed by atoms with Crippen molar-refractivity contribution in [3.63, 3.8) is 0 Å². The third-order valence-corrected chi connectivity index (χ3v) is 5.94. The van der Waals surface area contributed by atoms with Gasteiger partial charge in [-0.3, -0.25) is 14.0 Å². The maximum absolute atomic E-state index is 12.1. The van der Waals surface area contributed by atoms with E-state index in [9.17, 15) is 9.59 Å². The summed E-state index contributed by atoms with van der Waals surface area (Å²) in [5.41, 5.74) is 1.55. The summed E-state index contributed by atoms with van der Waals surface area (Å²) in [7, 11) is 0. The number of aromatic nitrogens is 2. The molecule has 1 N–H and O–H groups in total. The van der Waals surface area contributed by atoms with E-state index in [0.29, 0.717) is 28.7 Å². The van der Waals surface area contributed by atoms with Crippen LogP contribution in [0.15, 0.2) is 33.8 Å². The van der Waals surface area contributed by atoms with Gasteiger partial charge in [-0.05, 0) is 18.4 Å². The van der Waals surface area contributed by atoms with E-state index < -0.39 is 0 Å². The molecule has 0 spiro atoms. The number of thioether (sulfide) groups is 1. The Balaban J connectivity index is 1.52. The molecule has 8 heteroatoms. The second-order valence-electron chi connectivity index (χ2n) is 4.93. The van der Waals surface area contributed by atoms with Crippen LogP contribution in [0.1, 0.15) is 16.3 Å². The molecule has 0 aliphatic rings. The first-order chi connectivity index (χ1) is 11.1. The molecule has 0 saturated heterocycles. The van der Waals surface area contributed by atoms with Crippen molar-refractivity contribution in [2.45, 2.75) is 19.2 Å². The van der Waals surface area contributed by atoms with E-state index in [2.05, 4.69) is 10.3 Å². The number of nitrogens with one attached hydrogen (secondary N) is 1. The normalized spacial score (nSPS) is 11.0. The minimum atomic E-state index is -0.0634. The molecule has 0 radical (unpaired) electrons. The number of fused-ring (bicyclic) bond motifs is 1. The topological polar surface area (TPSA) is 63.5 Å². The van der Waals surface area contributed by atoms with Crippen LogP contribution in [-0.2, 0) is 17.1 Å². The molecule has 3 rings (SSSR count). The van der Waals surface area contributed by atoms with E-state index in [1.54, 1.807) is 21.8 Å². The van der Waals surface area contributed by atoms with Crippen molar-refractivity contribution in [2.75, 3.05) is 5.75 Å². The lowest BCUT2D eigenvalue weighted by atomic mass is 10.4. The highest BCUT2D eigenvalue weighted by atomic mass is 32.2. The van der Waals surface area contributed by atoms with Crippen LogP contribution >= 0.6 is 34.4 Å². The Kier molecular flexibility index (Phi) is 5.14. The molecule has 5 nitrogen and oxygen atoms in total. The van der Waals surface area contributed by atoms with E-state index in [0.717, 1.165) is 10.6 Å². The van der Waals surface area contributed by atoms with Gasteiger partial charge < -0.3 is 5.32 Å². The molecule has 0 aliphatic carbocycles. The van der Waals surface area contributed by atoms with E-state index in [-0.39, 0.29) is 11.5 Å². The van der Waals surface area contributed by atoms with Gasteiger partial charge in [0.05, 0.1) is 18.0 Å². The van der Waals surface area contributed by atoms with Crippen LogP contribution in [-0.4, -0.2) is 21.0 Å².